The minimum absolute atomic E-state index is 0.0192. The molecule has 3 atom stereocenters. The molecule has 2 rings (SSSR count). The van der Waals surface area contributed by atoms with E-state index >= 15 is 0 Å². The molecule has 0 aliphatic carbocycles. The molecule has 0 radical (unpaired) electrons. The number of nitrogens with one attached hydrogen (secondary N) is 1. The van der Waals surface area contributed by atoms with Crippen LogP contribution in [0.15, 0.2) is 24.3 Å². The van der Waals surface area contributed by atoms with Crippen LogP contribution < -0.4 is 10.1 Å². The monoisotopic (exact) mass is 365 g/mol. The van der Waals surface area contributed by atoms with Crippen LogP contribution >= 0.6 is 0 Å². The van der Waals surface area contributed by atoms with Gasteiger partial charge in [-0.1, -0.05) is 0 Å². The van der Waals surface area contributed by atoms with Crippen LogP contribution in [0.2, 0.25) is 0 Å². The molecule has 1 fully saturated rings. The van der Waals surface area contributed by atoms with Gasteiger partial charge in [-0.2, -0.15) is 0 Å². The average Bonchev–Trinajstić information content (AvgIpc) is 2.55. The van der Waals surface area contributed by atoms with E-state index in [4.69, 9.17) is 18.9 Å². The fourth-order valence-electron chi connectivity index (χ4n) is 2.59. The highest BCUT2D eigenvalue weighted by molar-refractivity contribution is 5.88. The molecule has 1 aromatic carbocycles. The van der Waals surface area contributed by atoms with Gasteiger partial charge in [0.1, 0.15) is 24.6 Å². The number of hydrogen-bond acceptors (Lipinski definition) is 7. The minimum atomic E-state index is -0.597. The molecule has 142 valence electrons. The second kappa shape index (κ2) is 9.19. The molecule has 1 amide bonds. The first kappa shape index (κ1) is 19.7. The molecular weight excluding hydrogens is 342 g/mol. The quantitative estimate of drug-likeness (QED) is 0.770. The maximum atomic E-state index is 11.2. The van der Waals surface area contributed by atoms with Crippen molar-refractivity contribution in [3.05, 3.63) is 24.3 Å². The molecule has 26 heavy (non-hydrogen) atoms. The van der Waals surface area contributed by atoms with Crippen molar-refractivity contribution in [1.82, 2.24) is 0 Å². The molecule has 0 bridgehead atoms. The Morgan fingerprint density at radius 1 is 1.08 bits per heavy atom. The zero-order valence-electron chi connectivity index (χ0n) is 15.0. The predicted molar refractivity (Wildman–Crippen MR) is 91.5 cm³/mol. The van der Waals surface area contributed by atoms with Crippen molar-refractivity contribution in [2.75, 3.05) is 11.9 Å². The Hall–Kier alpha value is -2.61. The summed E-state index contributed by atoms with van der Waals surface area (Å²) in [6.07, 6.45) is -0.606. The van der Waals surface area contributed by atoms with E-state index in [1.165, 1.54) is 20.8 Å². The molecule has 1 aromatic rings. The van der Waals surface area contributed by atoms with Gasteiger partial charge in [0.25, 0.3) is 0 Å². The molecule has 1 aliphatic heterocycles. The van der Waals surface area contributed by atoms with Crippen LogP contribution in [0.25, 0.3) is 0 Å². The normalized spacial score (nSPS) is 22.2. The summed E-state index contributed by atoms with van der Waals surface area (Å²) in [7, 11) is 0. The zero-order chi connectivity index (χ0) is 19.1. The van der Waals surface area contributed by atoms with Gasteiger partial charge in [0, 0.05) is 32.9 Å². The summed E-state index contributed by atoms with van der Waals surface area (Å²) in [5.41, 5.74) is 0.664. The van der Waals surface area contributed by atoms with Crippen LogP contribution in [-0.2, 0) is 28.6 Å². The fourth-order valence-corrected chi connectivity index (χ4v) is 2.59. The molecule has 1 saturated heterocycles. The van der Waals surface area contributed by atoms with Crippen LogP contribution in [-0.4, -0.2) is 43.0 Å². The van der Waals surface area contributed by atoms with Crippen LogP contribution in [0.5, 0.6) is 5.75 Å². The summed E-state index contributed by atoms with van der Waals surface area (Å²) in [6.45, 7) is 4.04. The summed E-state index contributed by atoms with van der Waals surface area (Å²) in [5.74, 6) is -0.438. The first-order chi connectivity index (χ1) is 12.3. The van der Waals surface area contributed by atoms with Gasteiger partial charge in [-0.25, -0.2) is 0 Å². The third-order valence-corrected chi connectivity index (χ3v) is 3.64. The lowest BCUT2D eigenvalue weighted by atomic mass is 10.0. The van der Waals surface area contributed by atoms with Gasteiger partial charge in [0.15, 0.2) is 0 Å². The van der Waals surface area contributed by atoms with E-state index in [2.05, 4.69) is 5.32 Å². The standard InChI is InChI=1S/C18H23NO7/c1-11(20)19-14-4-6-15(7-5-14)25-18-9-8-16(24-13(3)22)17(26-18)10-23-12(2)21/h4-7,16-18H,8-10H2,1-3H3,(H,19,20)/t16-,17+,18-/m0/s1. The molecule has 1 N–H and O–H groups in total. The summed E-state index contributed by atoms with van der Waals surface area (Å²) in [4.78, 5) is 33.3. The Labute approximate surface area is 151 Å². The van der Waals surface area contributed by atoms with Crippen molar-refractivity contribution in [1.29, 1.82) is 0 Å². The van der Waals surface area contributed by atoms with Crippen molar-refractivity contribution in [3.63, 3.8) is 0 Å². The number of esters is 2. The van der Waals surface area contributed by atoms with Crippen molar-refractivity contribution in [2.45, 2.75) is 52.1 Å². The lowest BCUT2D eigenvalue weighted by molar-refractivity contribution is -0.212. The highest BCUT2D eigenvalue weighted by Gasteiger charge is 2.35. The molecule has 1 aliphatic rings. The minimum Gasteiger partial charge on any atom is -0.465 e. The summed E-state index contributed by atoms with van der Waals surface area (Å²) in [5, 5.41) is 2.67. The van der Waals surface area contributed by atoms with Crippen LogP contribution in [0.4, 0.5) is 5.69 Å². The Kier molecular flexibility index (Phi) is 6.97. The topological polar surface area (TPSA) is 100 Å². The average molecular weight is 365 g/mol. The molecule has 8 nitrogen and oxygen atoms in total. The number of carbonyl (C=O) groups excluding carboxylic acids is 3. The SMILES string of the molecule is CC(=O)Nc1ccc(O[C@@H]2CC[C@H](OC(C)=O)[C@@H](COC(C)=O)O2)cc1. The highest BCUT2D eigenvalue weighted by Crippen LogP contribution is 2.26. The van der Waals surface area contributed by atoms with Gasteiger partial charge < -0.3 is 24.3 Å². The fraction of sp³-hybridized carbons (Fsp3) is 0.500. The molecule has 0 unspecified atom stereocenters. The summed E-state index contributed by atoms with van der Waals surface area (Å²) < 4.78 is 21.8. The van der Waals surface area contributed by atoms with Crippen LogP contribution in [0.1, 0.15) is 33.6 Å². The Morgan fingerprint density at radius 2 is 1.77 bits per heavy atom. The van der Waals surface area contributed by atoms with Crippen molar-refractivity contribution >= 4 is 23.5 Å². The lowest BCUT2D eigenvalue weighted by Gasteiger charge is -2.35. The smallest absolute Gasteiger partial charge is 0.302 e. The number of ether oxygens (including phenoxy) is 4. The Balaban J connectivity index is 1.96. The van der Waals surface area contributed by atoms with E-state index in [9.17, 15) is 14.4 Å². The second-order valence-corrected chi connectivity index (χ2v) is 5.96. The molecule has 1 heterocycles. The summed E-state index contributed by atoms with van der Waals surface area (Å²) in [6, 6.07) is 6.87. The predicted octanol–water partition coefficient (Wildman–Crippen LogP) is 2.02. The number of anilines is 1. The maximum absolute atomic E-state index is 11.2. The Morgan fingerprint density at radius 3 is 2.35 bits per heavy atom. The Bertz CT molecular complexity index is 643. The summed E-state index contributed by atoms with van der Waals surface area (Å²) >= 11 is 0. The molecule has 0 spiro atoms. The number of amides is 1. The first-order valence-electron chi connectivity index (χ1n) is 8.34. The number of carbonyl (C=O) groups is 3. The van der Waals surface area contributed by atoms with Crippen molar-refractivity contribution < 1.29 is 33.3 Å². The maximum Gasteiger partial charge on any atom is 0.302 e. The molecular formula is C18H23NO7. The number of hydrogen-bond donors (Lipinski definition) is 1. The van der Waals surface area contributed by atoms with E-state index in [-0.39, 0.29) is 12.5 Å². The molecule has 8 heteroatoms. The van der Waals surface area contributed by atoms with Crippen molar-refractivity contribution in [2.24, 2.45) is 0 Å². The van der Waals surface area contributed by atoms with E-state index in [1.807, 2.05) is 0 Å². The van der Waals surface area contributed by atoms with Crippen LogP contribution in [0, 0.1) is 0 Å². The van der Waals surface area contributed by atoms with Gasteiger partial charge in [-0.15, -0.1) is 0 Å². The van der Waals surface area contributed by atoms with E-state index in [0.29, 0.717) is 24.3 Å². The van der Waals surface area contributed by atoms with Crippen molar-refractivity contribution in [3.8, 4) is 5.75 Å². The van der Waals surface area contributed by atoms with Gasteiger partial charge in [0.2, 0.25) is 12.2 Å². The lowest BCUT2D eigenvalue weighted by Crippen LogP contribution is -2.45. The second-order valence-electron chi connectivity index (χ2n) is 5.96. The van der Waals surface area contributed by atoms with Gasteiger partial charge in [0.05, 0.1) is 0 Å². The van der Waals surface area contributed by atoms with E-state index in [1.54, 1.807) is 24.3 Å². The van der Waals surface area contributed by atoms with E-state index in [0.717, 1.165) is 0 Å². The van der Waals surface area contributed by atoms with Gasteiger partial charge in [-0.3, -0.25) is 14.4 Å². The zero-order valence-corrected chi connectivity index (χ0v) is 15.0. The van der Waals surface area contributed by atoms with Gasteiger partial charge in [-0.05, 0) is 30.7 Å². The third-order valence-electron chi connectivity index (χ3n) is 3.64. The number of rotatable bonds is 6. The van der Waals surface area contributed by atoms with Gasteiger partial charge >= 0.3 is 11.9 Å². The number of benzene rings is 1. The third kappa shape index (κ3) is 6.36. The van der Waals surface area contributed by atoms with E-state index < -0.39 is 30.4 Å². The molecule has 0 aromatic heterocycles. The molecule has 0 saturated carbocycles. The van der Waals surface area contributed by atoms with Crippen LogP contribution in [0.3, 0.4) is 0 Å². The largest absolute Gasteiger partial charge is 0.465 e. The first-order valence-corrected chi connectivity index (χ1v) is 8.34. The highest BCUT2D eigenvalue weighted by atomic mass is 16.7.